The van der Waals surface area contributed by atoms with Crippen LogP contribution in [0.15, 0.2) is 69.8 Å². The number of aromatic nitrogens is 2. The molecule has 0 saturated heterocycles. The molecule has 1 heterocycles. The lowest BCUT2D eigenvalue weighted by atomic mass is 10.2. The van der Waals surface area contributed by atoms with E-state index in [1.165, 1.54) is 23.9 Å². The molecule has 2 aromatic carbocycles. The van der Waals surface area contributed by atoms with E-state index in [1.807, 2.05) is 17.8 Å². The zero-order valence-corrected chi connectivity index (χ0v) is 16.1. The smallest absolute Gasteiger partial charge is 0.270 e. The lowest BCUT2D eigenvalue weighted by Gasteiger charge is -2.11. The van der Waals surface area contributed by atoms with Crippen LogP contribution in [0.3, 0.4) is 0 Å². The standard InChI is InChI=1S/C17H16N4O4S2/c1-12-3-6-14(21(22)23)11-16(12)27(24,25)19-13-4-7-15(8-5-13)26-17-18-9-10-20(17)2/h3-11,19H,1-2H3. The number of hydrogen-bond donors (Lipinski definition) is 1. The summed E-state index contributed by atoms with van der Waals surface area (Å²) in [4.78, 5) is 15.3. The van der Waals surface area contributed by atoms with Crippen LogP contribution in [-0.2, 0) is 17.1 Å². The van der Waals surface area contributed by atoms with E-state index in [9.17, 15) is 18.5 Å². The van der Waals surface area contributed by atoms with E-state index >= 15 is 0 Å². The van der Waals surface area contributed by atoms with E-state index < -0.39 is 14.9 Å². The Bertz CT molecular complexity index is 1090. The van der Waals surface area contributed by atoms with Crippen molar-refractivity contribution in [1.29, 1.82) is 0 Å². The van der Waals surface area contributed by atoms with Gasteiger partial charge < -0.3 is 4.57 Å². The number of anilines is 1. The number of benzene rings is 2. The minimum atomic E-state index is -3.95. The van der Waals surface area contributed by atoms with Crippen LogP contribution in [0.1, 0.15) is 5.56 Å². The highest BCUT2D eigenvalue weighted by Crippen LogP contribution is 2.28. The Balaban J connectivity index is 1.81. The molecule has 8 nitrogen and oxygen atoms in total. The van der Waals surface area contributed by atoms with Gasteiger partial charge in [-0.15, -0.1) is 0 Å². The number of aryl methyl sites for hydroxylation is 2. The number of non-ortho nitro benzene ring substituents is 1. The molecule has 0 atom stereocenters. The molecule has 0 aliphatic carbocycles. The number of nitrogens with one attached hydrogen (secondary N) is 1. The fourth-order valence-electron chi connectivity index (χ4n) is 2.35. The number of hydrogen-bond acceptors (Lipinski definition) is 6. The first-order valence-electron chi connectivity index (χ1n) is 7.79. The fraction of sp³-hybridized carbons (Fsp3) is 0.118. The van der Waals surface area contributed by atoms with Gasteiger partial charge in [0.1, 0.15) is 0 Å². The van der Waals surface area contributed by atoms with Crippen molar-refractivity contribution in [3.8, 4) is 0 Å². The summed E-state index contributed by atoms with van der Waals surface area (Å²) in [5, 5.41) is 11.7. The second-order valence-electron chi connectivity index (χ2n) is 5.76. The van der Waals surface area contributed by atoms with Crippen molar-refractivity contribution in [2.75, 3.05) is 4.72 Å². The van der Waals surface area contributed by atoms with Crippen LogP contribution in [0.5, 0.6) is 0 Å². The molecular formula is C17H16N4O4S2. The normalized spacial score (nSPS) is 11.3. The lowest BCUT2D eigenvalue weighted by molar-refractivity contribution is -0.385. The number of nitro benzene ring substituents is 1. The molecule has 0 aliphatic rings. The van der Waals surface area contributed by atoms with Gasteiger partial charge in [-0.3, -0.25) is 14.8 Å². The van der Waals surface area contributed by atoms with E-state index in [4.69, 9.17) is 0 Å². The van der Waals surface area contributed by atoms with E-state index in [-0.39, 0.29) is 10.6 Å². The molecule has 0 amide bonds. The molecule has 0 saturated carbocycles. The predicted octanol–water partition coefficient (Wildman–Crippen LogP) is 3.59. The van der Waals surface area contributed by atoms with Gasteiger partial charge in [-0.25, -0.2) is 13.4 Å². The third-order valence-corrected chi connectivity index (χ3v) is 6.37. The summed E-state index contributed by atoms with van der Waals surface area (Å²) in [5.74, 6) is 0. The number of imidazole rings is 1. The largest absolute Gasteiger partial charge is 0.329 e. The molecule has 3 aromatic rings. The van der Waals surface area contributed by atoms with Crippen molar-refractivity contribution >= 4 is 33.2 Å². The van der Waals surface area contributed by atoms with Crippen LogP contribution in [0.25, 0.3) is 0 Å². The van der Waals surface area contributed by atoms with Gasteiger partial charge in [0.25, 0.3) is 15.7 Å². The molecule has 0 fully saturated rings. The first-order chi connectivity index (χ1) is 12.8. The Kier molecular flexibility index (Phi) is 5.19. The van der Waals surface area contributed by atoms with Crippen molar-refractivity contribution in [2.24, 2.45) is 7.05 Å². The molecule has 0 aliphatic heterocycles. The molecule has 0 unspecified atom stereocenters. The Labute approximate surface area is 160 Å². The Morgan fingerprint density at radius 2 is 1.89 bits per heavy atom. The van der Waals surface area contributed by atoms with Crippen molar-refractivity contribution in [3.05, 3.63) is 70.5 Å². The molecule has 27 heavy (non-hydrogen) atoms. The van der Waals surface area contributed by atoms with Gasteiger partial charge in [0.05, 0.1) is 9.82 Å². The summed E-state index contributed by atoms with van der Waals surface area (Å²) in [7, 11) is -2.06. The number of nitro groups is 1. The average molecular weight is 404 g/mol. The van der Waals surface area contributed by atoms with Gasteiger partial charge in [0.2, 0.25) is 0 Å². The van der Waals surface area contributed by atoms with E-state index in [1.54, 1.807) is 37.4 Å². The third-order valence-electron chi connectivity index (χ3n) is 3.76. The van der Waals surface area contributed by atoms with E-state index in [0.717, 1.165) is 16.1 Å². The van der Waals surface area contributed by atoms with Gasteiger partial charge in [-0.2, -0.15) is 0 Å². The summed E-state index contributed by atoms with van der Waals surface area (Å²) in [6, 6.07) is 10.6. The van der Waals surface area contributed by atoms with Gasteiger partial charge in [-0.05, 0) is 36.8 Å². The summed E-state index contributed by atoms with van der Waals surface area (Å²) in [6.07, 6.45) is 3.54. The second kappa shape index (κ2) is 7.41. The molecule has 0 bridgehead atoms. The highest BCUT2D eigenvalue weighted by atomic mass is 32.2. The maximum Gasteiger partial charge on any atom is 0.270 e. The maximum atomic E-state index is 12.6. The topological polar surface area (TPSA) is 107 Å². The summed E-state index contributed by atoms with van der Waals surface area (Å²) in [6.45, 7) is 1.59. The summed E-state index contributed by atoms with van der Waals surface area (Å²) in [5.41, 5.74) is 0.517. The van der Waals surface area contributed by atoms with Crippen LogP contribution in [0.4, 0.5) is 11.4 Å². The molecule has 1 N–H and O–H groups in total. The molecule has 140 valence electrons. The van der Waals surface area contributed by atoms with E-state index in [2.05, 4.69) is 9.71 Å². The maximum absolute atomic E-state index is 12.6. The Hall–Kier alpha value is -2.85. The molecule has 0 spiro atoms. The van der Waals surface area contributed by atoms with Crippen LogP contribution in [-0.4, -0.2) is 22.9 Å². The quantitative estimate of drug-likeness (QED) is 0.497. The number of rotatable bonds is 6. The van der Waals surface area contributed by atoms with Crippen LogP contribution in [0, 0.1) is 17.0 Å². The van der Waals surface area contributed by atoms with Crippen LogP contribution >= 0.6 is 11.8 Å². The van der Waals surface area contributed by atoms with Gasteiger partial charge in [-0.1, -0.05) is 17.8 Å². The van der Waals surface area contributed by atoms with Crippen molar-refractivity contribution < 1.29 is 13.3 Å². The first kappa shape index (κ1) is 18.9. The summed E-state index contributed by atoms with van der Waals surface area (Å²) < 4.78 is 29.6. The van der Waals surface area contributed by atoms with Crippen molar-refractivity contribution in [3.63, 3.8) is 0 Å². The zero-order chi connectivity index (χ0) is 19.6. The third kappa shape index (κ3) is 4.29. The highest BCUT2D eigenvalue weighted by Gasteiger charge is 2.20. The molecule has 3 rings (SSSR count). The summed E-state index contributed by atoms with van der Waals surface area (Å²) >= 11 is 1.45. The van der Waals surface area contributed by atoms with Gasteiger partial charge in [0, 0.05) is 42.2 Å². The zero-order valence-electron chi connectivity index (χ0n) is 14.5. The molecule has 10 heteroatoms. The molecule has 0 radical (unpaired) electrons. The average Bonchev–Trinajstić information content (AvgIpc) is 3.01. The second-order valence-corrected chi connectivity index (χ2v) is 8.45. The minimum Gasteiger partial charge on any atom is -0.329 e. The van der Waals surface area contributed by atoms with Crippen molar-refractivity contribution in [2.45, 2.75) is 21.9 Å². The fourth-order valence-corrected chi connectivity index (χ4v) is 4.47. The van der Waals surface area contributed by atoms with E-state index in [0.29, 0.717) is 11.3 Å². The number of sulfonamides is 1. The first-order valence-corrected chi connectivity index (χ1v) is 10.1. The number of nitrogens with zero attached hydrogens (tertiary/aromatic N) is 3. The Morgan fingerprint density at radius 1 is 1.19 bits per heavy atom. The van der Waals surface area contributed by atoms with Crippen molar-refractivity contribution in [1.82, 2.24) is 9.55 Å². The monoisotopic (exact) mass is 404 g/mol. The minimum absolute atomic E-state index is 0.122. The van der Waals surface area contributed by atoms with Gasteiger partial charge >= 0.3 is 0 Å². The van der Waals surface area contributed by atoms with Crippen LogP contribution in [0.2, 0.25) is 0 Å². The highest BCUT2D eigenvalue weighted by molar-refractivity contribution is 7.99. The molecule has 1 aromatic heterocycles. The predicted molar refractivity (Wildman–Crippen MR) is 102 cm³/mol. The van der Waals surface area contributed by atoms with Gasteiger partial charge in [0.15, 0.2) is 5.16 Å². The lowest BCUT2D eigenvalue weighted by Crippen LogP contribution is -2.14. The van der Waals surface area contributed by atoms with Crippen LogP contribution < -0.4 is 4.72 Å². The Morgan fingerprint density at radius 3 is 2.48 bits per heavy atom. The SMILES string of the molecule is Cc1ccc([N+](=O)[O-])cc1S(=O)(=O)Nc1ccc(Sc2nccn2C)cc1. The molecular weight excluding hydrogens is 388 g/mol.